The van der Waals surface area contributed by atoms with E-state index in [9.17, 15) is 8.42 Å². The van der Waals surface area contributed by atoms with Gasteiger partial charge >= 0.3 is 0 Å². The van der Waals surface area contributed by atoms with E-state index in [1.807, 2.05) is 30.5 Å². The fraction of sp³-hybridized carbons (Fsp3) is 0.500. The number of nitrogens with zero attached hydrogens (tertiary/aromatic N) is 4. The summed E-state index contributed by atoms with van der Waals surface area (Å²) in [6, 6.07) is 12.3. The van der Waals surface area contributed by atoms with Crippen LogP contribution in [0.5, 0.6) is 0 Å². The number of hydrogen-bond donors (Lipinski definition) is 3. The lowest BCUT2D eigenvalue weighted by Gasteiger charge is -2.42. The number of benzene rings is 1. The van der Waals surface area contributed by atoms with Crippen LogP contribution in [-0.2, 0) is 16.6 Å². The number of aromatic nitrogens is 3. The van der Waals surface area contributed by atoms with Crippen LogP contribution in [-0.4, -0.2) is 71.5 Å². The molecular formula is C24H31N7O2S. The second-order valence-electron chi connectivity index (χ2n) is 9.95. The molecule has 2 saturated heterocycles. The fourth-order valence-corrected chi connectivity index (χ4v) is 7.39. The first-order chi connectivity index (χ1) is 16.5. The van der Waals surface area contributed by atoms with E-state index in [4.69, 9.17) is 0 Å². The van der Waals surface area contributed by atoms with Crippen molar-refractivity contribution in [3.8, 4) is 0 Å². The van der Waals surface area contributed by atoms with Gasteiger partial charge in [0.25, 0.3) is 10.2 Å². The Morgan fingerprint density at radius 3 is 2.68 bits per heavy atom. The average molecular weight is 482 g/mol. The van der Waals surface area contributed by atoms with Crippen molar-refractivity contribution in [2.45, 2.75) is 43.2 Å². The third-order valence-electron chi connectivity index (χ3n) is 7.65. The van der Waals surface area contributed by atoms with Gasteiger partial charge in [0.15, 0.2) is 0 Å². The molecule has 1 aromatic carbocycles. The van der Waals surface area contributed by atoms with Crippen molar-refractivity contribution in [1.29, 1.82) is 0 Å². The average Bonchev–Trinajstić information content (AvgIpc) is 3.24. The van der Waals surface area contributed by atoms with Gasteiger partial charge in [-0.2, -0.15) is 12.7 Å². The van der Waals surface area contributed by atoms with E-state index in [2.05, 4.69) is 42.0 Å². The highest BCUT2D eigenvalue weighted by Crippen LogP contribution is 2.46. The Kier molecular flexibility index (Phi) is 5.36. The van der Waals surface area contributed by atoms with Gasteiger partial charge in [-0.3, -0.25) is 0 Å². The maximum Gasteiger partial charge on any atom is 0.280 e. The second kappa shape index (κ2) is 8.30. The number of anilines is 1. The molecule has 0 unspecified atom stereocenters. The fourth-order valence-electron chi connectivity index (χ4n) is 5.71. The summed E-state index contributed by atoms with van der Waals surface area (Å²) in [7, 11) is -3.61. The number of nitrogens with one attached hydrogen (secondary N) is 3. The molecule has 0 radical (unpaired) electrons. The predicted molar refractivity (Wildman–Crippen MR) is 132 cm³/mol. The first-order valence-corrected chi connectivity index (χ1v) is 13.5. The molecule has 0 bridgehead atoms. The van der Waals surface area contributed by atoms with Gasteiger partial charge in [-0.05, 0) is 50.3 Å². The monoisotopic (exact) mass is 481 g/mol. The van der Waals surface area contributed by atoms with Crippen LogP contribution in [0.4, 0.5) is 5.82 Å². The molecule has 0 amide bonds. The molecule has 180 valence electrons. The highest BCUT2D eigenvalue weighted by molar-refractivity contribution is 7.87. The van der Waals surface area contributed by atoms with Crippen LogP contribution >= 0.6 is 0 Å². The van der Waals surface area contributed by atoms with Gasteiger partial charge in [0, 0.05) is 37.9 Å². The van der Waals surface area contributed by atoms with Crippen LogP contribution in [0.25, 0.3) is 11.0 Å². The molecule has 1 saturated carbocycles. The highest BCUT2D eigenvalue weighted by atomic mass is 32.2. The maximum absolute atomic E-state index is 13.5. The molecule has 3 N–H and O–H groups in total. The lowest BCUT2D eigenvalue weighted by atomic mass is 9.89. The van der Waals surface area contributed by atoms with Gasteiger partial charge in [0.1, 0.15) is 17.8 Å². The molecule has 2 aliphatic heterocycles. The minimum absolute atomic E-state index is 0.242. The zero-order valence-electron chi connectivity index (χ0n) is 19.2. The minimum Gasteiger partial charge on any atom is -0.353 e. The van der Waals surface area contributed by atoms with Crippen molar-refractivity contribution in [2.24, 2.45) is 0 Å². The van der Waals surface area contributed by atoms with Crippen molar-refractivity contribution in [2.75, 3.05) is 37.6 Å². The third kappa shape index (κ3) is 3.98. The predicted octanol–water partition coefficient (Wildman–Crippen LogP) is 1.81. The highest BCUT2D eigenvalue weighted by Gasteiger charge is 2.56. The normalized spacial score (nSPS) is 24.8. The summed E-state index contributed by atoms with van der Waals surface area (Å²) in [4.78, 5) is 14.2. The molecule has 1 spiro atoms. The summed E-state index contributed by atoms with van der Waals surface area (Å²) in [6.45, 7) is 3.02. The molecule has 10 heteroatoms. The molecule has 9 nitrogen and oxygen atoms in total. The zero-order valence-corrected chi connectivity index (χ0v) is 20.0. The largest absolute Gasteiger partial charge is 0.353 e. The SMILES string of the molecule is O=S(=O)(NC[C@@]1(Cc2ccccc2)CCCN1)N1CCN(c2ncnc3[nH]ccc23)CC12CC2. The van der Waals surface area contributed by atoms with E-state index in [1.165, 1.54) is 5.56 Å². The first-order valence-electron chi connectivity index (χ1n) is 12.1. The van der Waals surface area contributed by atoms with Gasteiger partial charge in [0.05, 0.1) is 10.9 Å². The van der Waals surface area contributed by atoms with E-state index in [1.54, 1.807) is 10.6 Å². The van der Waals surface area contributed by atoms with Crippen LogP contribution in [0, 0.1) is 0 Å². The van der Waals surface area contributed by atoms with Gasteiger partial charge in [0.2, 0.25) is 0 Å². The first kappa shape index (κ1) is 22.0. The van der Waals surface area contributed by atoms with Gasteiger partial charge < -0.3 is 15.2 Å². The second-order valence-corrected chi connectivity index (χ2v) is 11.6. The Balaban J connectivity index is 1.17. The summed E-state index contributed by atoms with van der Waals surface area (Å²) in [5.41, 5.74) is 1.44. The van der Waals surface area contributed by atoms with Crippen molar-refractivity contribution in [3.63, 3.8) is 0 Å². The van der Waals surface area contributed by atoms with E-state index >= 15 is 0 Å². The third-order valence-corrected chi connectivity index (χ3v) is 9.31. The van der Waals surface area contributed by atoms with Crippen LogP contribution in [0.15, 0.2) is 48.9 Å². The van der Waals surface area contributed by atoms with Crippen molar-refractivity contribution < 1.29 is 8.42 Å². The summed E-state index contributed by atoms with van der Waals surface area (Å²) in [5.74, 6) is 0.875. The summed E-state index contributed by atoms with van der Waals surface area (Å²) in [5, 5.41) is 4.58. The quantitative estimate of drug-likeness (QED) is 0.475. The summed E-state index contributed by atoms with van der Waals surface area (Å²) >= 11 is 0. The Bertz CT molecular complexity index is 1270. The van der Waals surface area contributed by atoms with Crippen LogP contribution in [0.2, 0.25) is 0 Å². The lowest BCUT2D eigenvalue weighted by molar-refractivity contribution is 0.263. The molecule has 3 aromatic rings. The Morgan fingerprint density at radius 1 is 1.06 bits per heavy atom. The van der Waals surface area contributed by atoms with E-state index in [0.717, 1.165) is 55.5 Å². The molecule has 4 heterocycles. The van der Waals surface area contributed by atoms with Crippen LogP contribution < -0.4 is 14.9 Å². The molecule has 1 aliphatic carbocycles. The number of H-pyrrole nitrogens is 1. The number of hydrogen-bond acceptors (Lipinski definition) is 6. The van der Waals surface area contributed by atoms with Gasteiger partial charge in [-0.25, -0.2) is 14.7 Å². The Labute approximate surface area is 200 Å². The molecule has 34 heavy (non-hydrogen) atoms. The van der Waals surface area contributed by atoms with E-state index in [0.29, 0.717) is 26.2 Å². The van der Waals surface area contributed by atoms with E-state index in [-0.39, 0.29) is 11.1 Å². The minimum atomic E-state index is -3.61. The number of aromatic amines is 1. The Hall–Kier alpha value is -2.53. The number of piperazine rings is 1. The van der Waals surface area contributed by atoms with E-state index < -0.39 is 10.2 Å². The molecule has 3 aliphatic rings. The van der Waals surface area contributed by atoms with Crippen LogP contribution in [0.3, 0.4) is 0 Å². The van der Waals surface area contributed by atoms with Gasteiger partial charge in [-0.15, -0.1) is 0 Å². The standard InChI is InChI=1S/C24H31N7O2S/c32-34(33,29-16-23(8-4-11-28-23)15-19-5-2-1-3-6-19)31-14-13-30(17-24(31)9-10-24)22-20-7-12-25-21(20)26-18-27-22/h1-3,5-7,12,18,28-29H,4,8-11,13-17H2,(H,25,26,27)/t23-/m0/s1. The molecule has 6 rings (SSSR count). The van der Waals surface area contributed by atoms with Crippen LogP contribution in [0.1, 0.15) is 31.2 Å². The smallest absolute Gasteiger partial charge is 0.280 e. The molecular weight excluding hydrogens is 450 g/mol. The van der Waals surface area contributed by atoms with Gasteiger partial charge in [-0.1, -0.05) is 30.3 Å². The van der Waals surface area contributed by atoms with Crippen molar-refractivity contribution in [1.82, 2.24) is 29.3 Å². The number of fused-ring (bicyclic) bond motifs is 1. The molecule has 1 atom stereocenters. The summed E-state index contributed by atoms with van der Waals surface area (Å²) in [6.07, 6.45) is 8.02. The van der Waals surface area contributed by atoms with Crippen molar-refractivity contribution >= 4 is 27.1 Å². The topological polar surface area (TPSA) is 106 Å². The number of rotatable bonds is 7. The zero-order chi connectivity index (χ0) is 23.2. The lowest BCUT2D eigenvalue weighted by Crippen LogP contribution is -2.61. The summed E-state index contributed by atoms with van der Waals surface area (Å²) < 4.78 is 31.8. The molecule has 3 fully saturated rings. The van der Waals surface area contributed by atoms with Crippen molar-refractivity contribution in [3.05, 3.63) is 54.5 Å². The maximum atomic E-state index is 13.5. The molecule has 2 aromatic heterocycles. The Morgan fingerprint density at radius 2 is 1.91 bits per heavy atom.